The van der Waals surface area contributed by atoms with Gasteiger partial charge in [-0.05, 0) is 48.9 Å². The second kappa shape index (κ2) is 3.38. The van der Waals surface area contributed by atoms with Crippen LogP contribution in [0.4, 0.5) is 0 Å². The zero-order chi connectivity index (χ0) is 9.26. The average Bonchev–Trinajstić information content (AvgIpc) is 2.49. The molecule has 0 fully saturated rings. The van der Waals surface area contributed by atoms with Crippen molar-refractivity contribution in [2.45, 2.75) is 19.3 Å². The molecule has 1 aliphatic rings. The van der Waals surface area contributed by atoms with E-state index in [0.717, 1.165) is 31.4 Å². The maximum atomic E-state index is 9.59. The predicted molar refractivity (Wildman–Crippen MR) is 52.7 cm³/mol. The lowest BCUT2D eigenvalue weighted by atomic mass is 10.0. The van der Waals surface area contributed by atoms with Gasteiger partial charge in [0.05, 0.1) is 0 Å². The summed E-state index contributed by atoms with van der Waals surface area (Å²) in [6, 6.07) is 5.79. The number of nitrogens with two attached hydrogens (primary N) is 1. The Morgan fingerprint density at radius 3 is 2.92 bits per heavy atom. The predicted octanol–water partition coefficient (Wildman–Crippen LogP) is 1.46. The maximum Gasteiger partial charge on any atom is 0.119 e. The van der Waals surface area contributed by atoms with Gasteiger partial charge in [0.15, 0.2) is 0 Å². The molecule has 1 unspecified atom stereocenters. The molecule has 1 aromatic rings. The van der Waals surface area contributed by atoms with E-state index in [1.807, 2.05) is 6.07 Å². The Kier molecular flexibility index (Phi) is 2.23. The van der Waals surface area contributed by atoms with E-state index in [1.54, 1.807) is 6.07 Å². The van der Waals surface area contributed by atoms with Crippen molar-refractivity contribution in [2.24, 2.45) is 11.7 Å². The molecule has 1 aliphatic carbocycles. The Balaban J connectivity index is 2.20. The molecule has 2 heteroatoms. The molecule has 0 heterocycles. The van der Waals surface area contributed by atoms with E-state index in [-0.39, 0.29) is 0 Å². The smallest absolute Gasteiger partial charge is 0.119 e. The zero-order valence-corrected chi connectivity index (χ0v) is 7.66. The third-order valence-electron chi connectivity index (χ3n) is 2.82. The zero-order valence-electron chi connectivity index (χ0n) is 7.66. The second-order valence-corrected chi connectivity index (χ2v) is 3.77. The fraction of sp³-hybridized carbons (Fsp3) is 0.455. The summed E-state index contributed by atoms with van der Waals surface area (Å²) in [4.78, 5) is 0. The SMILES string of the molecule is NCCC1Cc2cccc(O)c2C1. The first-order valence-corrected chi connectivity index (χ1v) is 4.81. The Labute approximate surface area is 78.4 Å². The van der Waals surface area contributed by atoms with E-state index < -0.39 is 0 Å². The Hall–Kier alpha value is -1.02. The number of aromatic hydroxyl groups is 1. The van der Waals surface area contributed by atoms with Crippen LogP contribution in [-0.2, 0) is 12.8 Å². The molecule has 0 spiro atoms. The van der Waals surface area contributed by atoms with Crippen LogP contribution in [0.5, 0.6) is 5.75 Å². The minimum Gasteiger partial charge on any atom is -0.508 e. The molecule has 1 atom stereocenters. The monoisotopic (exact) mass is 177 g/mol. The van der Waals surface area contributed by atoms with E-state index in [2.05, 4.69) is 6.07 Å². The third-order valence-corrected chi connectivity index (χ3v) is 2.82. The van der Waals surface area contributed by atoms with Gasteiger partial charge in [-0.3, -0.25) is 0 Å². The summed E-state index contributed by atoms with van der Waals surface area (Å²) in [6.45, 7) is 0.749. The summed E-state index contributed by atoms with van der Waals surface area (Å²) < 4.78 is 0. The summed E-state index contributed by atoms with van der Waals surface area (Å²) in [5.41, 5.74) is 7.96. The highest BCUT2D eigenvalue weighted by atomic mass is 16.3. The quantitative estimate of drug-likeness (QED) is 0.718. The van der Waals surface area contributed by atoms with Crippen LogP contribution in [0.25, 0.3) is 0 Å². The summed E-state index contributed by atoms with van der Waals surface area (Å²) in [6.07, 6.45) is 3.15. The number of benzene rings is 1. The average molecular weight is 177 g/mol. The van der Waals surface area contributed by atoms with Crippen LogP contribution in [0.1, 0.15) is 17.5 Å². The molecule has 0 aliphatic heterocycles. The molecule has 0 aromatic heterocycles. The largest absolute Gasteiger partial charge is 0.508 e. The van der Waals surface area contributed by atoms with Crippen molar-refractivity contribution in [2.75, 3.05) is 6.54 Å². The molecule has 13 heavy (non-hydrogen) atoms. The number of fused-ring (bicyclic) bond motifs is 1. The van der Waals surface area contributed by atoms with Crippen molar-refractivity contribution in [1.29, 1.82) is 0 Å². The third kappa shape index (κ3) is 1.54. The molecular formula is C11H15NO. The number of rotatable bonds is 2. The van der Waals surface area contributed by atoms with Crippen LogP contribution in [0.15, 0.2) is 18.2 Å². The van der Waals surface area contributed by atoms with Gasteiger partial charge in [-0.1, -0.05) is 12.1 Å². The highest BCUT2D eigenvalue weighted by Crippen LogP contribution is 2.33. The summed E-state index contributed by atoms with van der Waals surface area (Å²) in [5.74, 6) is 1.10. The van der Waals surface area contributed by atoms with Crippen LogP contribution in [-0.4, -0.2) is 11.7 Å². The number of hydrogen-bond acceptors (Lipinski definition) is 2. The van der Waals surface area contributed by atoms with Gasteiger partial charge in [-0.25, -0.2) is 0 Å². The minimum atomic E-state index is 0.456. The lowest BCUT2D eigenvalue weighted by molar-refractivity contribution is 0.462. The molecular weight excluding hydrogens is 162 g/mol. The van der Waals surface area contributed by atoms with E-state index in [4.69, 9.17) is 5.73 Å². The molecule has 0 saturated heterocycles. The topological polar surface area (TPSA) is 46.2 Å². The molecule has 0 radical (unpaired) electrons. The van der Waals surface area contributed by atoms with Gasteiger partial charge in [0.25, 0.3) is 0 Å². The van der Waals surface area contributed by atoms with Gasteiger partial charge in [0.2, 0.25) is 0 Å². The van der Waals surface area contributed by atoms with Crippen LogP contribution < -0.4 is 5.73 Å². The molecule has 2 nitrogen and oxygen atoms in total. The van der Waals surface area contributed by atoms with Crippen molar-refractivity contribution < 1.29 is 5.11 Å². The summed E-state index contributed by atoms with van der Waals surface area (Å²) in [7, 11) is 0. The Morgan fingerprint density at radius 1 is 1.38 bits per heavy atom. The number of phenolic OH excluding ortho intramolecular Hbond substituents is 1. The molecule has 70 valence electrons. The maximum absolute atomic E-state index is 9.59. The van der Waals surface area contributed by atoms with E-state index in [9.17, 15) is 5.11 Å². The van der Waals surface area contributed by atoms with Crippen LogP contribution in [0.3, 0.4) is 0 Å². The first-order valence-electron chi connectivity index (χ1n) is 4.81. The standard InChI is InChI=1S/C11H15NO/c12-5-4-8-6-9-2-1-3-11(13)10(9)7-8/h1-3,8,13H,4-7,12H2. The van der Waals surface area contributed by atoms with Crippen molar-refractivity contribution in [1.82, 2.24) is 0 Å². The van der Waals surface area contributed by atoms with Crippen molar-refractivity contribution >= 4 is 0 Å². The summed E-state index contributed by atoms with van der Waals surface area (Å²) in [5, 5.41) is 9.59. The van der Waals surface area contributed by atoms with Gasteiger partial charge in [-0.15, -0.1) is 0 Å². The van der Waals surface area contributed by atoms with Gasteiger partial charge < -0.3 is 10.8 Å². The first kappa shape index (κ1) is 8.57. The molecule has 1 aromatic carbocycles. The number of hydrogen-bond donors (Lipinski definition) is 2. The van der Waals surface area contributed by atoms with Gasteiger partial charge in [0.1, 0.15) is 5.75 Å². The van der Waals surface area contributed by atoms with Crippen molar-refractivity contribution in [3.05, 3.63) is 29.3 Å². The van der Waals surface area contributed by atoms with Crippen LogP contribution in [0.2, 0.25) is 0 Å². The highest BCUT2D eigenvalue weighted by molar-refractivity contribution is 5.42. The van der Waals surface area contributed by atoms with Crippen molar-refractivity contribution in [3.63, 3.8) is 0 Å². The fourth-order valence-electron chi connectivity index (χ4n) is 2.16. The van der Waals surface area contributed by atoms with E-state index >= 15 is 0 Å². The van der Waals surface area contributed by atoms with E-state index in [1.165, 1.54) is 5.56 Å². The second-order valence-electron chi connectivity index (χ2n) is 3.77. The van der Waals surface area contributed by atoms with Gasteiger partial charge >= 0.3 is 0 Å². The molecule has 3 N–H and O–H groups in total. The highest BCUT2D eigenvalue weighted by Gasteiger charge is 2.22. The van der Waals surface area contributed by atoms with E-state index in [0.29, 0.717) is 11.7 Å². The van der Waals surface area contributed by atoms with Crippen molar-refractivity contribution in [3.8, 4) is 5.75 Å². The van der Waals surface area contributed by atoms with Crippen LogP contribution in [0, 0.1) is 5.92 Å². The number of phenols is 1. The summed E-state index contributed by atoms with van der Waals surface area (Å²) >= 11 is 0. The van der Waals surface area contributed by atoms with Crippen LogP contribution >= 0.6 is 0 Å². The lowest BCUT2D eigenvalue weighted by Crippen LogP contribution is -2.08. The molecule has 0 saturated carbocycles. The molecule has 2 rings (SSSR count). The first-order chi connectivity index (χ1) is 6.31. The molecule has 0 amide bonds. The lowest BCUT2D eigenvalue weighted by Gasteiger charge is -2.04. The minimum absolute atomic E-state index is 0.456. The molecule has 0 bridgehead atoms. The van der Waals surface area contributed by atoms with Gasteiger partial charge in [-0.2, -0.15) is 0 Å². The Morgan fingerprint density at radius 2 is 2.23 bits per heavy atom. The Bertz CT molecular complexity index is 309. The normalized spacial score (nSPS) is 20.2. The van der Waals surface area contributed by atoms with Gasteiger partial charge in [0, 0.05) is 0 Å². The fourth-order valence-corrected chi connectivity index (χ4v) is 2.16.